The second-order valence-electron chi connectivity index (χ2n) is 3.86. The number of nitrogens with one attached hydrogen (secondary N) is 1. The standard InChI is InChI=1S/C12H10N4O/c17-12-10-9(6-8-4-2-1-3-5-8)15-16-11(10)13-7-14-12/h1-5,7,11H,6H2,(H,13,14,17). The zero-order chi connectivity index (χ0) is 11.7. The van der Waals surface area contributed by atoms with Crippen LogP contribution in [0.2, 0.25) is 0 Å². The zero-order valence-corrected chi connectivity index (χ0v) is 9.00. The van der Waals surface area contributed by atoms with Crippen LogP contribution in [-0.4, -0.2) is 18.4 Å². The number of amides is 1. The zero-order valence-electron chi connectivity index (χ0n) is 9.00. The normalized spacial score (nSPS) is 21.6. The number of carbonyl (C=O) groups is 1. The summed E-state index contributed by atoms with van der Waals surface area (Å²) in [5, 5.41) is 10.6. The van der Waals surface area contributed by atoms with Crippen LogP contribution in [0.25, 0.3) is 0 Å². The van der Waals surface area contributed by atoms with E-state index in [2.05, 4.69) is 20.5 Å². The fraction of sp³-hybridized carbons (Fsp3) is 0.167. The van der Waals surface area contributed by atoms with Crippen molar-refractivity contribution in [3.8, 4) is 0 Å². The van der Waals surface area contributed by atoms with E-state index >= 15 is 0 Å². The Hall–Kier alpha value is -2.30. The minimum absolute atomic E-state index is 0.152. The van der Waals surface area contributed by atoms with Crippen LogP contribution in [0, 0.1) is 0 Å². The Bertz CT molecular complexity index is 545. The van der Waals surface area contributed by atoms with Gasteiger partial charge in [0.1, 0.15) is 0 Å². The summed E-state index contributed by atoms with van der Waals surface area (Å²) in [7, 11) is 0. The number of carbonyl (C=O) groups excluding carboxylic acids is 1. The number of azo groups is 1. The number of rotatable bonds is 2. The fourth-order valence-corrected chi connectivity index (χ4v) is 1.90. The Labute approximate surface area is 98.0 Å². The highest BCUT2D eigenvalue weighted by atomic mass is 16.2. The Morgan fingerprint density at radius 3 is 2.88 bits per heavy atom. The summed E-state index contributed by atoms with van der Waals surface area (Å²) in [4.78, 5) is 15.8. The molecule has 1 amide bonds. The molecular formula is C12H10N4O. The second-order valence-corrected chi connectivity index (χ2v) is 3.86. The minimum Gasteiger partial charge on any atom is -0.313 e. The molecule has 1 N–H and O–H groups in total. The average Bonchev–Trinajstić information content (AvgIpc) is 2.75. The predicted octanol–water partition coefficient (Wildman–Crippen LogP) is 1.43. The Morgan fingerprint density at radius 2 is 2.06 bits per heavy atom. The molecule has 2 aliphatic rings. The molecule has 1 aromatic rings. The Morgan fingerprint density at radius 1 is 1.24 bits per heavy atom. The largest absolute Gasteiger partial charge is 0.313 e. The van der Waals surface area contributed by atoms with Gasteiger partial charge in [0.25, 0.3) is 5.91 Å². The number of fused-ring (bicyclic) bond motifs is 1. The molecule has 0 spiro atoms. The second kappa shape index (κ2) is 3.93. The van der Waals surface area contributed by atoms with E-state index in [9.17, 15) is 4.79 Å². The SMILES string of the molecule is O=C1NC=NC2N=NC(Cc3ccccc3)=C12. The van der Waals surface area contributed by atoms with E-state index in [4.69, 9.17) is 0 Å². The third-order valence-corrected chi connectivity index (χ3v) is 2.73. The number of benzene rings is 1. The van der Waals surface area contributed by atoms with Gasteiger partial charge in [-0.2, -0.15) is 10.2 Å². The fourth-order valence-electron chi connectivity index (χ4n) is 1.90. The van der Waals surface area contributed by atoms with Crippen LogP contribution in [0.5, 0.6) is 0 Å². The first kappa shape index (κ1) is 9.89. The van der Waals surface area contributed by atoms with Gasteiger partial charge in [-0.05, 0) is 5.56 Å². The number of aliphatic imine (C=N–C) groups is 1. The molecule has 0 fully saturated rings. The van der Waals surface area contributed by atoms with Gasteiger partial charge < -0.3 is 5.32 Å². The average molecular weight is 226 g/mol. The molecule has 0 saturated carbocycles. The van der Waals surface area contributed by atoms with Crippen LogP contribution in [0.4, 0.5) is 0 Å². The van der Waals surface area contributed by atoms with Crippen molar-refractivity contribution in [2.75, 3.05) is 0 Å². The Balaban J connectivity index is 1.93. The molecule has 0 aliphatic carbocycles. The van der Waals surface area contributed by atoms with Crippen molar-refractivity contribution < 1.29 is 4.79 Å². The molecule has 0 bridgehead atoms. The van der Waals surface area contributed by atoms with Crippen LogP contribution < -0.4 is 5.32 Å². The third kappa shape index (κ3) is 1.75. The molecule has 1 atom stereocenters. The van der Waals surface area contributed by atoms with E-state index in [1.807, 2.05) is 30.3 Å². The first-order valence-corrected chi connectivity index (χ1v) is 5.35. The van der Waals surface area contributed by atoms with Gasteiger partial charge in [-0.15, -0.1) is 0 Å². The maximum absolute atomic E-state index is 11.7. The summed E-state index contributed by atoms with van der Waals surface area (Å²) >= 11 is 0. The van der Waals surface area contributed by atoms with Crippen LogP contribution in [0.3, 0.4) is 0 Å². The van der Waals surface area contributed by atoms with Gasteiger partial charge in [0.15, 0.2) is 6.17 Å². The summed E-state index contributed by atoms with van der Waals surface area (Å²) in [5.41, 5.74) is 2.38. The first-order valence-electron chi connectivity index (χ1n) is 5.35. The maximum atomic E-state index is 11.7. The van der Waals surface area contributed by atoms with E-state index in [1.54, 1.807) is 0 Å². The lowest BCUT2D eigenvalue weighted by Gasteiger charge is -2.11. The summed E-state index contributed by atoms with van der Waals surface area (Å²) in [6.45, 7) is 0. The number of hydrogen-bond acceptors (Lipinski definition) is 4. The van der Waals surface area contributed by atoms with Gasteiger partial charge in [-0.25, -0.2) is 4.99 Å². The molecule has 5 heteroatoms. The predicted molar refractivity (Wildman–Crippen MR) is 62.5 cm³/mol. The van der Waals surface area contributed by atoms with Crippen molar-refractivity contribution in [3.63, 3.8) is 0 Å². The highest BCUT2D eigenvalue weighted by Gasteiger charge is 2.30. The summed E-state index contributed by atoms with van der Waals surface area (Å²) in [6.07, 6.45) is 1.54. The topological polar surface area (TPSA) is 66.2 Å². The highest BCUT2D eigenvalue weighted by molar-refractivity contribution is 6.03. The van der Waals surface area contributed by atoms with Crippen LogP contribution >= 0.6 is 0 Å². The molecule has 0 aromatic heterocycles. The summed E-state index contributed by atoms with van der Waals surface area (Å²) in [6, 6.07) is 9.88. The van der Waals surface area contributed by atoms with Gasteiger partial charge in [-0.3, -0.25) is 4.79 Å². The molecule has 5 nitrogen and oxygen atoms in total. The van der Waals surface area contributed by atoms with Crippen LogP contribution in [0.1, 0.15) is 5.56 Å². The van der Waals surface area contributed by atoms with E-state index < -0.39 is 6.17 Å². The molecule has 2 aliphatic heterocycles. The smallest absolute Gasteiger partial charge is 0.258 e. The van der Waals surface area contributed by atoms with Gasteiger partial charge in [0, 0.05) is 6.42 Å². The van der Waals surface area contributed by atoms with Crippen molar-refractivity contribution in [1.29, 1.82) is 0 Å². The molecule has 0 radical (unpaired) electrons. The van der Waals surface area contributed by atoms with E-state index in [1.165, 1.54) is 6.34 Å². The quantitative estimate of drug-likeness (QED) is 0.814. The minimum atomic E-state index is -0.442. The highest BCUT2D eigenvalue weighted by Crippen LogP contribution is 2.27. The number of allylic oxidation sites excluding steroid dienone is 1. The van der Waals surface area contributed by atoms with E-state index in [-0.39, 0.29) is 5.91 Å². The lowest BCUT2D eigenvalue weighted by atomic mass is 10.0. The van der Waals surface area contributed by atoms with Crippen LogP contribution in [-0.2, 0) is 11.2 Å². The van der Waals surface area contributed by atoms with Crippen molar-refractivity contribution >= 4 is 12.2 Å². The molecule has 17 heavy (non-hydrogen) atoms. The first-order chi connectivity index (χ1) is 8.34. The molecule has 84 valence electrons. The van der Waals surface area contributed by atoms with Gasteiger partial charge >= 0.3 is 0 Å². The van der Waals surface area contributed by atoms with Crippen molar-refractivity contribution in [3.05, 3.63) is 47.2 Å². The molecular weight excluding hydrogens is 216 g/mol. The monoisotopic (exact) mass is 226 g/mol. The Kier molecular flexibility index (Phi) is 2.29. The van der Waals surface area contributed by atoms with Crippen LogP contribution in [0.15, 0.2) is 56.8 Å². The molecule has 0 saturated heterocycles. The van der Waals surface area contributed by atoms with E-state index in [0.29, 0.717) is 17.7 Å². The third-order valence-electron chi connectivity index (χ3n) is 2.73. The molecule has 3 rings (SSSR count). The molecule has 2 heterocycles. The number of nitrogens with zero attached hydrogens (tertiary/aromatic N) is 3. The molecule has 1 aromatic carbocycles. The van der Waals surface area contributed by atoms with Crippen molar-refractivity contribution in [2.24, 2.45) is 15.2 Å². The van der Waals surface area contributed by atoms with Crippen molar-refractivity contribution in [1.82, 2.24) is 5.32 Å². The van der Waals surface area contributed by atoms with Gasteiger partial charge in [-0.1, -0.05) is 30.3 Å². The molecule has 1 unspecified atom stereocenters. The van der Waals surface area contributed by atoms with Gasteiger partial charge in [0.2, 0.25) is 0 Å². The number of hydrogen-bond donors (Lipinski definition) is 1. The summed E-state index contributed by atoms with van der Waals surface area (Å²) < 4.78 is 0. The van der Waals surface area contributed by atoms with Gasteiger partial charge in [0.05, 0.1) is 17.6 Å². The van der Waals surface area contributed by atoms with E-state index in [0.717, 1.165) is 5.56 Å². The lowest BCUT2D eigenvalue weighted by molar-refractivity contribution is -0.116. The maximum Gasteiger partial charge on any atom is 0.258 e. The summed E-state index contributed by atoms with van der Waals surface area (Å²) in [5.74, 6) is -0.152. The lowest BCUT2D eigenvalue weighted by Crippen LogP contribution is -2.33. The van der Waals surface area contributed by atoms with Crippen molar-refractivity contribution in [2.45, 2.75) is 12.6 Å².